The second-order valence-corrected chi connectivity index (χ2v) is 6.33. The van der Waals surface area contributed by atoms with E-state index in [1.165, 1.54) is 25.7 Å². The molecule has 104 valence electrons. The van der Waals surface area contributed by atoms with Crippen molar-refractivity contribution in [2.45, 2.75) is 45.1 Å². The first-order chi connectivity index (χ1) is 9.16. The van der Waals surface area contributed by atoms with Gasteiger partial charge < -0.3 is 4.90 Å². The Morgan fingerprint density at radius 2 is 2.00 bits per heavy atom. The topological polar surface area (TPSA) is 20.3 Å². The average Bonchev–Trinajstić information content (AvgIpc) is 2.61. The molecule has 0 radical (unpaired) electrons. The van der Waals surface area contributed by atoms with Crippen molar-refractivity contribution in [2.24, 2.45) is 0 Å². The summed E-state index contributed by atoms with van der Waals surface area (Å²) >= 11 is 3.39. The molecule has 1 fully saturated rings. The van der Waals surface area contributed by atoms with Gasteiger partial charge in [-0.3, -0.25) is 4.79 Å². The highest BCUT2D eigenvalue weighted by molar-refractivity contribution is 9.10. The molecule has 19 heavy (non-hydrogen) atoms. The van der Waals surface area contributed by atoms with Crippen molar-refractivity contribution in [2.75, 3.05) is 13.1 Å². The largest absolute Gasteiger partial charge is 0.300 e. The van der Waals surface area contributed by atoms with Crippen LogP contribution in [0.25, 0.3) is 0 Å². The summed E-state index contributed by atoms with van der Waals surface area (Å²) in [5, 5.41) is 0. The maximum absolute atomic E-state index is 12.1. The molecule has 3 heteroatoms. The van der Waals surface area contributed by atoms with Crippen molar-refractivity contribution in [3.63, 3.8) is 0 Å². The Morgan fingerprint density at radius 1 is 1.26 bits per heavy atom. The number of benzene rings is 1. The van der Waals surface area contributed by atoms with Gasteiger partial charge in [-0.1, -0.05) is 40.9 Å². The Bertz CT molecular complexity index is 415. The van der Waals surface area contributed by atoms with Crippen LogP contribution in [0.5, 0.6) is 0 Å². The summed E-state index contributed by atoms with van der Waals surface area (Å²) in [6, 6.07) is 8.29. The maximum Gasteiger partial charge on any atom is 0.164 e. The van der Waals surface area contributed by atoms with Gasteiger partial charge in [0.05, 0.1) is 0 Å². The van der Waals surface area contributed by atoms with Gasteiger partial charge in [-0.05, 0) is 38.4 Å². The summed E-state index contributed by atoms with van der Waals surface area (Å²) in [7, 11) is 0. The van der Waals surface area contributed by atoms with Gasteiger partial charge in [-0.2, -0.15) is 0 Å². The minimum absolute atomic E-state index is 0.254. The molecule has 2 nitrogen and oxygen atoms in total. The highest BCUT2D eigenvalue weighted by atomic mass is 79.9. The Hall–Kier alpha value is -0.670. The molecule has 0 spiro atoms. The Labute approximate surface area is 124 Å². The van der Waals surface area contributed by atoms with Crippen molar-refractivity contribution in [1.29, 1.82) is 0 Å². The Morgan fingerprint density at radius 3 is 2.74 bits per heavy atom. The summed E-state index contributed by atoms with van der Waals surface area (Å²) in [5.41, 5.74) is 0.825. The van der Waals surface area contributed by atoms with Crippen LogP contribution in [-0.4, -0.2) is 29.8 Å². The van der Waals surface area contributed by atoms with Crippen molar-refractivity contribution in [3.8, 4) is 0 Å². The number of Topliss-reactive ketones (excluding diaryl/α,β-unsaturated/α-hetero) is 1. The van der Waals surface area contributed by atoms with E-state index in [4.69, 9.17) is 0 Å². The van der Waals surface area contributed by atoms with Gasteiger partial charge in [0.1, 0.15) is 0 Å². The van der Waals surface area contributed by atoms with Crippen LogP contribution in [-0.2, 0) is 0 Å². The molecule has 0 N–H and O–H groups in total. The number of hydrogen-bond acceptors (Lipinski definition) is 2. The number of carbonyl (C=O) groups is 1. The molecular formula is C16H22BrNO. The van der Waals surface area contributed by atoms with Crippen molar-refractivity contribution in [3.05, 3.63) is 34.3 Å². The second-order valence-electron chi connectivity index (χ2n) is 5.41. The molecule has 1 unspecified atom stereocenters. The minimum atomic E-state index is 0.254. The van der Waals surface area contributed by atoms with Gasteiger partial charge in [-0.15, -0.1) is 0 Å². The normalized spacial score (nSPS) is 21.1. The lowest BCUT2D eigenvalue weighted by Gasteiger charge is -2.26. The van der Waals surface area contributed by atoms with E-state index in [1.54, 1.807) is 0 Å². The summed E-state index contributed by atoms with van der Waals surface area (Å²) in [6.45, 7) is 4.33. The monoisotopic (exact) mass is 323 g/mol. The van der Waals surface area contributed by atoms with Gasteiger partial charge >= 0.3 is 0 Å². The molecule has 0 saturated carbocycles. The number of carbonyl (C=O) groups excluding carboxylic acids is 1. The molecule has 1 heterocycles. The predicted molar refractivity (Wildman–Crippen MR) is 82.6 cm³/mol. The van der Waals surface area contributed by atoms with Gasteiger partial charge in [0.25, 0.3) is 0 Å². The van der Waals surface area contributed by atoms with Crippen LogP contribution < -0.4 is 0 Å². The first-order valence-corrected chi connectivity index (χ1v) is 7.99. The predicted octanol–water partition coefficient (Wildman–Crippen LogP) is 4.29. The number of ketones is 1. The van der Waals surface area contributed by atoms with E-state index in [0.29, 0.717) is 12.5 Å². The number of likely N-dealkylation sites (tertiary alicyclic amines) is 1. The van der Waals surface area contributed by atoms with E-state index >= 15 is 0 Å². The maximum atomic E-state index is 12.1. The molecule has 1 aromatic rings. The fraction of sp³-hybridized carbons (Fsp3) is 0.562. The molecule has 0 aliphatic carbocycles. The van der Waals surface area contributed by atoms with Crippen molar-refractivity contribution in [1.82, 2.24) is 4.90 Å². The quantitative estimate of drug-likeness (QED) is 0.770. The van der Waals surface area contributed by atoms with Gasteiger partial charge in [-0.25, -0.2) is 0 Å². The van der Waals surface area contributed by atoms with Crippen LogP contribution >= 0.6 is 15.9 Å². The van der Waals surface area contributed by atoms with E-state index in [0.717, 1.165) is 23.1 Å². The first kappa shape index (κ1) is 14.7. The third kappa shape index (κ3) is 4.43. The summed E-state index contributed by atoms with van der Waals surface area (Å²) in [5.74, 6) is 0.254. The summed E-state index contributed by atoms with van der Waals surface area (Å²) < 4.78 is 1.02. The van der Waals surface area contributed by atoms with Crippen molar-refractivity contribution < 1.29 is 4.79 Å². The van der Waals surface area contributed by atoms with E-state index < -0.39 is 0 Å². The lowest BCUT2D eigenvalue weighted by atomic mass is 10.1. The summed E-state index contributed by atoms with van der Waals surface area (Å²) in [4.78, 5) is 14.6. The highest BCUT2D eigenvalue weighted by Gasteiger charge is 2.17. The third-order valence-corrected chi connectivity index (χ3v) is 4.51. The second kappa shape index (κ2) is 7.20. The number of rotatable bonds is 4. The fourth-order valence-electron chi connectivity index (χ4n) is 2.69. The zero-order valence-corrected chi connectivity index (χ0v) is 13.2. The van der Waals surface area contributed by atoms with Crippen LogP contribution in [0.1, 0.15) is 49.4 Å². The smallest absolute Gasteiger partial charge is 0.164 e. The molecule has 0 aromatic heterocycles. The van der Waals surface area contributed by atoms with Gasteiger partial charge in [0.15, 0.2) is 5.78 Å². The molecule has 2 rings (SSSR count). The molecule has 1 aliphatic rings. The van der Waals surface area contributed by atoms with Gasteiger partial charge in [0, 0.05) is 29.0 Å². The van der Waals surface area contributed by atoms with E-state index in [1.807, 2.05) is 24.3 Å². The number of nitrogens with zero attached hydrogens (tertiary/aromatic N) is 1. The average molecular weight is 324 g/mol. The zero-order chi connectivity index (χ0) is 13.7. The van der Waals surface area contributed by atoms with Crippen LogP contribution in [0.2, 0.25) is 0 Å². The fourth-order valence-corrected chi connectivity index (χ4v) is 2.96. The zero-order valence-electron chi connectivity index (χ0n) is 11.6. The lowest BCUT2D eigenvalue weighted by Crippen LogP contribution is -2.34. The number of hydrogen-bond donors (Lipinski definition) is 0. The SMILES string of the molecule is CC1CCCCCN1CCC(=O)c1ccc(Br)cc1. The van der Waals surface area contributed by atoms with Crippen LogP contribution in [0.3, 0.4) is 0 Å². The molecular weight excluding hydrogens is 302 g/mol. The lowest BCUT2D eigenvalue weighted by molar-refractivity contribution is 0.0954. The van der Waals surface area contributed by atoms with Crippen LogP contribution in [0.15, 0.2) is 28.7 Å². The van der Waals surface area contributed by atoms with E-state index in [2.05, 4.69) is 27.8 Å². The Kier molecular flexibility index (Phi) is 5.59. The minimum Gasteiger partial charge on any atom is -0.300 e. The van der Waals surface area contributed by atoms with Crippen molar-refractivity contribution >= 4 is 21.7 Å². The van der Waals surface area contributed by atoms with Crippen LogP contribution in [0, 0.1) is 0 Å². The molecule has 1 aromatic carbocycles. The molecule has 0 bridgehead atoms. The van der Waals surface area contributed by atoms with Gasteiger partial charge in [0.2, 0.25) is 0 Å². The molecule has 1 saturated heterocycles. The first-order valence-electron chi connectivity index (χ1n) is 7.19. The molecule has 0 amide bonds. The third-order valence-electron chi connectivity index (χ3n) is 3.98. The van der Waals surface area contributed by atoms with Crippen LogP contribution in [0.4, 0.5) is 0 Å². The molecule has 1 atom stereocenters. The van der Waals surface area contributed by atoms with E-state index in [-0.39, 0.29) is 5.78 Å². The van der Waals surface area contributed by atoms with E-state index in [9.17, 15) is 4.79 Å². The number of halogens is 1. The molecule has 1 aliphatic heterocycles. The standard InChI is InChI=1S/C16H22BrNO/c1-13-5-3-2-4-11-18(13)12-10-16(19)14-6-8-15(17)9-7-14/h6-9,13H,2-5,10-12H2,1H3. The summed E-state index contributed by atoms with van der Waals surface area (Å²) in [6.07, 6.45) is 5.84. The Balaban J connectivity index is 1.87. The highest BCUT2D eigenvalue weighted by Crippen LogP contribution is 2.17.